The van der Waals surface area contributed by atoms with Crippen LogP contribution in [0.1, 0.15) is 25.8 Å². The lowest BCUT2D eigenvalue weighted by molar-refractivity contribution is -0.143. The van der Waals surface area contributed by atoms with Gasteiger partial charge >= 0.3 is 0 Å². The first kappa shape index (κ1) is 14.0. The molecule has 4 heteroatoms. The summed E-state index contributed by atoms with van der Waals surface area (Å²) in [6.07, 6.45) is 0.170. The van der Waals surface area contributed by atoms with Crippen LogP contribution in [0.25, 0.3) is 0 Å². The minimum Gasteiger partial charge on any atom is -0.385 e. The van der Waals surface area contributed by atoms with Crippen molar-refractivity contribution in [3.05, 3.63) is 35.9 Å². The molecular weight excluding hydrogens is 242 g/mol. The summed E-state index contributed by atoms with van der Waals surface area (Å²) < 4.78 is 5.42. The maximum absolute atomic E-state index is 12.2. The Morgan fingerprint density at radius 2 is 2.16 bits per heavy atom. The zero-order valence-corrected chi connectivity index (χ0v) is 11.5. The maximum Gasteiger partial charge on any atom is 0.225 e. The van der Waals surface area contributed by atoms with Crippen molar-refractivity contribution in [1.82, 2.24) is 4.90 Å². The third-order valence-corrected chi connectivity index (χ3v) is 3.48. The number of morpholine rings is 1. The number of nitrogens with zero attached hydrogens (tertiary/aromatic N) is 1. The smallest absolute Gasteiger partial charge is 0.225 e. The van der Waals surface area contributed by atoms with Crippen LogP contribution in [-0.2, 0) is 15.1 Å². The third-order valence-electron chi connectivity index (χ3n) is 3.48. The van der Waals surface area contributed by atoms with Crippen LogP contribution < -0.4 is 0 Å². The molecule has 4 nitrogen and oxygen atoms in total. The fourth-order valence-electron chi connectivity index (χ4n) is 2.35. The Hall–Kier alpha value is -1.39. The van der Waals surface area contributed by atoms with E-state index in [4.69, 9.17) is 4.74 Å². The van der Waals surface area contributed by atoms with E-state index < -0.39 is 5.60 Å². The number of carbonyl (C=O) groups excluding carboxylic acids is 1. The number of carbonyl (C=O) groups is 1. The Bertz CT molecular complexity index is 430. The number of amides is 1. The molecular formula is C15H21NO3. The zero-order valence-electron chi connectivity index (χ0n) is 11.5. The van der Waals surface area contributed by atoms with E-state index in [2.05, 4.69) is 0 Å². The van der Waals surface area contributed by atoms with Gasteiger partial charge in [0.15, 0.2) is 0 Å². The Labute approximate surface area is 114 Å². The molecule has 1 aromatic carbocycles. The monoisotopic (exact) mass is 263 g/mol. The molecule has 1 saturated heterocycles. The molecule has 1 amide bonds. The van der Waals surface area contributed by atoms with Crippen molar-refractivity contribution in [3.63, 3.8) is 0 Å². The van der Waals surface area contributed by atoms with E-state index in [1.165, 1.54) is 0 Å². The second-order valence-electron chi connectivity index (χ2n) is 5.34. The van der Waals surface area contributed by atoms with Crippen molar-refractivity contribution in [1.29, 1.82) is 0 Å². The van der Waals surface area contributed by atoms with Crippen molar-refractivity contribution in [3.8, 4) is 0 Å². The predicted octanol–water partition coefficient (Wildman–Crippen LogP) is 1.53. The highest BCUT2D eigenvalue weighted by molar-refractivity contribution is 5.77. The van der Waals surface area contributed by atoms with Gasteiger partial charge in [0.2, 0.25) is 5.91 Å². The minimum atomic E-state index is -1.13. The van der Waals surface area contributed by atoms with Crippen molar-refractivity contribution >= 4 is 5.91 Å². The van der Waals surface area contributed by atoms with E-state index in [1.807, 2.05) is 37.3 Å². The van der Waals surface area contributed by atoms with Gasteiger partial charge in [-0.25, -0.2) is 0 Å². The van der Waals surface area contributed by atoms with Crippen LogP contribution >= 0.6 is 0 Å². The first-order valence-electron chi connectivity index (χ1n) is 6.66. The Kier molecular flexibility index (Phi) is 4.22. The molecule has 0 bridgehead atoms. The zero-order chi connectivity index (χ0) is 13.9. The van der Waals surface area contributed by atoms with Gasteiger partial charge in [-0.05, 0) is 19.4 Å². The average molecular weight is 263 g/mol. The Balaban J connectivity index is 2.01. The van der Waals surface area contributed by atoms with Crippen LogP contribution in [0.15, 0.2) is 30.3 Å². The van der Waals surface area contributed by atoms with E-state index in [-0.39, 0.29) is 18.4 Å². The molecule has 2 atom stereocenters. The van der Waals surface area contributed by atoms with E-state index >= 15 is 0 Å². The summed E-state index contributed by atoms with van der Waals surface area (Å²) in [4.78, 5) is 14.0. The van der Waals surface area contributed by atoms with Crippen molar-refractivity contribution in [2.75, 3.05) is 19.7 Å². The highest BCUT2D eigenvalue weighted by Gasteiger charge is 2.30. The summed E-state index contributed by atoms with van der Waals surface area (Å²) in [6.45, 7) is 5.41. The van der Waals surface area contributed by atoms with Crippen molar-refractivity contribution in [2.24, 2.45) is 0 Å². The molecule has 1 aliphatic rings. The van der Waals surface area contributed by atoms with Gasteiger partial charge in [0.1, 0.15) is 0 Å². The summed E-state index contributed by atoms with van der Waals surface area (Å²) in [5, 5.41) is 10.5. The molecule has 0 saturated carbocycles. The van der Waals surface area contributed by atoms with Gasteiger partial charge in [-0.15, -0.1) is 0 Å². The van der Waals surface area contributed by atoms with Crippen LogP contribution in [0.5, 0.6) is 0 Å². The molecule has 2 unspecified atom stereocenters. The quantitative estimate of drug-likeness (QED) is 0.899. The second kappa shape index (κ2) is 5.72. The van der Waals surface area contributed by atoms with Gasteiger partial charge in [-0.2, -0.15) is 0 Å². The van der Waals surface area contributed by atoms with Gasteiger partial charge < -0.3 is 14.7 Å². The highest BCUT2D eigenvalue weighted by atomic mass is 16.5. The molecule has 1 aliphatic heterocycles. The molecule has 19 heavy (non-hydrogen) atoms. The number of aliphatic hydroxyl groups is 1. The number of ether oxygens (including phenoxy) is 1. The fourth-order valence-corrected chi connectivity index (χ4v) is 2.35. The molecule has 0 spiro atoms. The normalized spacial score (nSPS) is 22.9. The summed E-state index contributed by atoms with van der Waals surface area (Å²) in [7, 11) is 0. The maximum atomic E-state index is 12.2. The topological polar surface area (TPSA) is 49.8 Å². The summed E-state index contributed by atoms with van der Waals surface area (Å²) in [5.74, 6) is -0.0241. The molecule has 1 aromatic rings. The predicted molar refractivity (Wildman–Crippen MR) is 72.6 cm³/mol. The minimum absolute atomic E-state index is 0.0241. The standard InChI is InChI=1S/C15H21NO3/c1-12-11-16(8-9-19-12)14(17)10-15(2,18)13-6-4-3-5-7-13/h3-7,12,18H,8-11H2,1-2H3. The lowest BCUT2D eigenvalue weighted by atomic mass is 9.92. The molecule has 0 aliphatic carbocycles. The second-order valence-corrected chi connectivity index (χ2v) is 5.34. The number of benzene rings is 1. The number of hydrogen-bond acceptors (Lipinski definition) is 3. The SMILES string of the molecule is CC1CN(C(=O)CC(C)(O)c2ccccc2)CCO1. The van der Waals surface area contributed by atoms with Crippen molar-refractivity contribution < 1.29 is 14.6 Å². The molecule has 104 valence electrons. The van der Waals surface area contributed by atoms with Gasteiger partial charge in [-0.1, -0.05) is 30.3 Å². The highest BCUT2D eigenvalue weighted by Crippen LogP contribution is 2.25. The lowest BCUT2D eigenvalue weighted by Gasteiger charge is -2.33. The first-order chi connectivity index (χ1) is 8.99. The van der Waals surface area contributed by atoms with Crippen molar-refractivity contribution in [2.45, 2.75) is 32.0 Å². The van der Waals surface area contributed by atoms with Crippen LogP contribution in [-0.4, -0.2) is 41.7 Å². The molecule has 0 radical (unpaired) electrons. The average Bonchev–Trinajstić information content (AvgIpc) is 2.39. The summed E-state index contributed by atoms with van der Waals surface area (Å²) in [6, 6.07) is 9.31. The summed E-state index contributed by atoms with van der Waals surface area (Å²) >= 11 is 0. The van der Waals surface area contributed by atoms with E-state index in [0.29, 0.717) is 19.7 Å². The van der Waals surface area contributed by atoms with Gasteiger partial charge in [0, 0.05) is 13.1 Å². The number of hydrogen-bond donors (Lipinski definition) is 1. The largest absolute Gasteiger partial charge is 0.385 e. The Morgan fingerprint density at radius 3 is 2.79 bits per heavy atom. The fraction of sp³-hybridized carbons (Fsp3) is 0.533. The Morgan fingerprint density at radius 1 is 1.47 bits per heavy atom. The van der Waals surface area contributed by atoms with Crippen LogP contribution in [0.3, 0.4) is 0 Å². The molecule has 2 rings (SSSR count). The van der Waals surface area contributed by atoms with Crippen LogP contribution in [0.2, 0.25) is 0 Å². The van der Waals surface area contributed by atoms with Gasteiger partial charge in [0.05, 0.1) is 24.7 Å². The van der Waals surface area contributed by atoms with E-state index in [0.717, 1.165) is 5.56 Å². The first-order valence-corrected chi connectivity index (χ1v) is 6.66. The molecule has 1 heterocycles. The van der Waals surface area contributed by atoms with Crippen LogP contribution in [0, 0.1) is 0 Å². The van der Waals surface area contributed by atoms with E-state index in [9.17, 15) is 9.90 Å². The van der Waals surface area contributed by atoms with Gasteiger partial charge in [0.25, 0.3) is 0 Å². The molecule has 1 N–H and O–H groups in total. The lowest BCUT2D eigenvalue weighted by Crippen LogP contribution is -2.46. The molecule has 0 aromatic heterocycles. The third kappa shape index (κ3) is 3.55. The van der Waals surface area contributed by atoms with Crippen LogP contribution in [0.4, 0.5) is 0 Å². The summed E-state index contributed by atoms with van der Waals surface area (Å²) in [5.41, 5.74) is -0.357. The van der Waals surface area contributed by atoms with Gasteiger partial charge in [-0.3, -0.25) is 4.79 Å². The molecule has 1 fully saturated rings. The number of rotatable bonds is 3. The van der Waals surface area contributed by atoms with E-state index in [1.54, 1.807) is 11.8 Å².